The number of nitrogens with two attached hydrogens (primary N) is 1. The number of aromatic hydroxyl groups is 1. The van der Waals surface area contributed by atoms with E-state index in [2.05, 4.69) is 21.9 Å². The fourth-order valence-electron chi connectivity index (χ4n) is 1.81. The lowest BCUT2D eigenvalue weighted by Crippen LogP contribution is -2.08. The van der Waals surface area contributed by atoms with Gasteiger partial charge in [0.25, 0.3) is 0 Å². The van der Waals surface area contributed by atoms with Gasteiger partial charge >= 0.3 is 0 Å². The summed E-state index contributed by atoms with van der Waals surface area (Å²) in [5.74, 6) is 1.95. The molecule has 5 heteroatoms. The average Bonchev–Trinajstić information content (AvgIpc) is 2.38. The lowest BCUT2D eigenvalue weighted by atomic mass is 10.1. The first kappa shape index (κ1) is 13.3. The van der Waals surface area contributed by atoms with Crippen LogP contribution in [0.2, 0.25) is 0 Å². The van der Waals surface area contributed by atoms with Crippen LogP contribution in [0.1, 0.15) is 37.0 Å². The minimum absolute atomic E-state index is 0.252. The summed E-state index contributed by atoms with van der Waals surface area (Å²) < 4.78 is 0. The molecule has 0 atom stereocenters. The van der Waals surface area contributed by atoms with Gasteiger partial charge in [-0.25, -0.2) is 4.98 Å². The number of benzene rings is 1. The molecule has 0 aliphatic carbocycles. The van der Waals surface area contributed by atoms with Crippen molar-refractivity contribution in [2.24, 2.45) is 0 Å². The third-order valence-electron chi connectivity index (χ3n) is 2.80. The molecule has 0 aliphatic heterocycles. The van der Waals surface area contributed by atoms with Crippen LogP contribution in [0.15, 0.2) is 24.3 Å². The van der Waals surface area contributed by atoms with Gasteiger partial charge in [0, 0.05) is 12.8 Å². The molecule has 1 aromatic heterocycles. The van der Waals surface area contributed by atoms with Gasteiger partial charge in [0.15, 0.2) is 0 Å². The third kappa shape index (κ3) is 3.91. The van der Waals surface area contributed by atoms with E-state index in [1.807, 2.05) is 12.1 Å². The second-order valence-electron chi connectivity index (χ2n) is 4.47. The summed E-state index contributed by atoms with van der Waals surface area (Å²) in [6, 6.07) is 7.00. The number of anilines is 1. The maximum Gasteiger partial charge on any atom is 0.223 e. The van der Waals surface area contributed by atoms with Crippen LogP contribution in [0.25, 0.3) is 0 Å². The fourth-order valence-corrected chi connectivity index (χ4v) is 1.81. The Morgan fingerprint density at radius 1 is 1.05 bits per heavy atom. The second kappa shape index (κ2) is 6.13. The van der Waals surface area contributed by atoms with Crippen LogP contribution in [0, 0.1) is 0 Å². The number of phenols is 1. The molecule has 0 bridgehead atoms. The molecule has 1 heterocycles. The first-order chi connectivity index (χ1) is 9.17. The summed E-state index contributed by atoms with van der Waals surface area (Å²) in [6.45, 7) is 2.13. The minimum atomic E-state index is 0.252. The van der Waals surface area contributed by atoms with E-state index in [0.717, 1.165) is 30.7 Å². The van der Waals surface area contributed by atoms with E-state index in [1.165, 1.54) is 0 Å². The molecule has 1 aromatic carbocycles. The second-order valence-corrected chi connectivity index (χ2v) is 4.47. The van der Waals surface area contributed by atoms with Crippen molar-refractivity contribution in [1.29, 1.82) is 0 Å². The SMILES string of the molecule is CCCCc1nc(N)nc(Cc2ccc(O)cc2)n1. The van der Waals surface area contributed by atoms with Gasteiger partial charge in [0.2, 0.25) is 5.95 Å². The van der Waals surface area contributed by atoms with Crippen molar-refractivity contribution in [1.82, 2.24) is 15.0 Å². The highest BCUT2D eigenvalue weighted by Crippen LogP contribution is 2.13. The molecule has 19 heavy (non-hydrogen) atoms. The maximum absolute atomic E-state index is 9.25. The van der Waals surface area contributed by atoms with Crippen LogP contribution in [-0.4, -0.2) is 20.1 Å². The van der Waals surface area contributed by atoms with Crippen LogP contribution in [0.4, 0.5) is 5.95 Å². The zero-order valence-electron chi connectivity index (χ0n) is 11.0. The van der Waals surface area contributed by atoms with Crippen LogP contribution in [0.5, 0.6) is 5.75 Å². The zero-order valence-corrected chi connectivity index (χ0v) is 11.0. The van der Waals surface area contributed by atoms with E-state index in [4.69, 9.17) is 5.73 Å². The molecule has 0 saturated heterocycles. The van der Waals surface area contributed by atoms with Crippen LogP contribution < -0.4 is 5.73 Å². The molecule has 2 rings (SSSR count). The number of aryl methyl sites for hydroxylation is 1. The van der Waals surface area contributed by atoms with Gasteiger partial charge in [0.1, 0.15) is 17.4 Å². The van der Waals surface area contributed by atoms with E-state index < -0.39 is 0 Å². The fraction of sp³-hybridized carbons (Fsp3) is 0.357. The highest BCUT2D eigenvalue weighted by atomic mass is 16.3. The lowest BCUT2D eigenvalue weighted by Gasteiger charge is -2.05. The molecule has 100 valence electrons. The number of phenolic OH excluding ortho intramolecular Hbond substituents is 1. The van der Waals surface area contributed by atoms with Crippen molar-refractivity contribution in [2.75, 3.05) is 5.73 Å². The Bertz CT molecular complexity index is 540. The molecule has 5 nitrogen and oxygen atoms in total. The van der Waals surface area contributed by atoms with Crippen LogP contribution in [-0.2, 0) is 12.8 Å². The molecule has 2 aromatic rings. The van der Waals surface area contributed by atoms with Gasteiger partial charge in [-0.15, -0.1) is 0 Å². The predicted molar refractivity (Wildman–Crippen MR) is 73.8 cm³/mol. The molecule has 0 fully saturated rings. The number of rotatable bonds is 5. The van der Waals surface area contributed by atoms with Gasteiger partial charge in [-0.05, 0) is 24.1 Å². The Labute approximate surface area is 112 Å². The summed E-state index contributed by atoms with van der Waals surface area (Å²) in [6.07, 6.45) is 3.55. The number of hydrogen-bond donors (Lipinski definition) is 2. The van der Waals surface area contributed by atoms with Crippen molar-refractivity contribution < 1.29 is 5.11 Å². The Kier molecular flexibility index (Phi) is 4.28. The monoisotopic (exact) mass is 258 g/mol. The molecular weight excluding hydrogens is 240 g/mol. The molecule has 0 saturated carbocycles. The highest BCUT2D eigenvalue weighted by molar-refractivity contribution is 5.28. The summed E-state index contributed by atoms with van der Waals surface area (Å²) >= 11 is 0. The van der Waals surface area contributed by atoms with Gasteiger partial charge in [-0.2, -0.15) is 9.97 Å². The van der Waals surface area contributed by atoms with E-state index in [9.17, 15) is 5.11 Å². The third-order valence-corrected chi connectivity index (χ3v) is 2.80. The number of aromatic nitrogens is 3. The number of unbranched alkanes of at least 4 members (excludes halogenated alkanes) is 1. The van der Waals surface area contributed by atoms with E-state index in [-0.39, 0.29) is 11.7 Å². The summed E-state index contributed by atoms with van der Waals surface area (Å²) in [4.78, 5) is 12.7. The predicted octanol–water partition coefficient (Wildman–Crippen LogP) is 2.09. The molecular formula is C14H18N4O. The van der Waals surface area contributed by atoms with E-state index in [1.54, 1.807) is 12.1 Å². The Morgan fingerprint density at radius 2 is 1.74 bits per heavy atom. The summed E-state index contributed by atoms with van der Waals surface area (Å²) in [7, 11) is 0. The lowest BCUT2D eigenvalue weighted by molar-refractivity contribution is 0.475. The Morgan fingerprint density at radius 3 is 2.42 bits per heavy atom. The van der Waals surface area contributed by atoms with Crippen molar-refractivity contribution in [3.05, 3.63) is 41.5 Å². The Hall–Kier alpha value is -2.17. The molecule has 0 spiro atoms. The first-order valence-corrected chi connectivity index (χ1v) is 6.44. The largest absolute Gasteiger partial charge is 0.508 e. The van der Waals surface area contributed by atoms with E-state index >= 15 is 0 Å². The molecule has 0 unspecified atom stereocenters. The van der Waals surface area contributed by atoms with Gasteiger partial charge < -0.3 is 10.8 Å². The molecule has 3 N–H and O–H groups in total. The average molecular weight is 258 g/mol. The number of hydrogen-bond acceptors (Lipinski definition) is 5. The topological polar surface area (TPSA) is 84.9 Å². The zero-order chi connectivity index (χ0) is 13.7. The van der Waals surface area contributed by atoms with Crippen molar-refractivity contribution in [3.63, 3.8) is 0 Å². The minimum Gasteiger partial charge on any atom is -0.508 e. The maximum atomic E-state index is 9.25. The van der Waals surface area contributed by atoms with Gasteiger partial charge in [-0.3, -0.25) is 0 Å². The van der Waals surface area contributed by atoms with Gasteiger partial charge in [-0.1, -0.05) is 25.5 Å². The number of nitrogens with zero attached hydrogens (tertiary/aromatic N) is 3. The Balaban J connectivity index is 2.15. The summed E-state index contributed by atoms with van der Waals surface area (Å²) in [5.41, 5.74) is 6.74. The quantitative estimate of drug-likeness (QED) is 0.857. The summed E-state index contributed by atoms with van der Waals surface area (Å²) in [5, 5.41) is 9.25. The molecule has 0 aliphatic rings. The van der Waals surface area contributed by atoms with Crippen molar-refractivity contribution in [3.8, 4) is 5.75 Å². The number of nitrogen functional groups attached to an aromatic ring is 1. The van der Waals surface area contributed by atoms with E-state index in [0.29, 0.717) is 12.2 Å². The van der Waals surface area contributed by atoms with Crippen molar-refractivity contribution >= 4 is 5.95 Å². The highest BCUT2D eigenvalue weighted by Gasteiger charge is 2.05. The van der Waals surface area contributed by atoms with Crippen molar-refractivity contribution in [2.45, 2.75) is 32.6 Å². The van der Waals surface area contributed by atoms with Crippen LogP contribution >= 0.6 is 0 Å². The van der Waals surface area contributed by atoms with Gasteiger partial charge in [0.05, 0.1) is 0 Å². The standard InChI is InChI=1S/C14H18N4O/c1-2-3-4-12-16-13(18-14(15)17-12)9-10-5-7-11(19)8-6-10/h5-8,19H,2-4,9H2,1H3,(H2,15,16,17,18). The molecule has 0 radical (unpaired) electrons. The van der Waals surface area contributed by atoms with Crippen LogP contribution in [0.3, 0.4) is 0 Å². The smallest absolute Gasteiger partial charge is 0.223 e. The normalized spacial score (nSPS) is 10.6. The first-order valence-electron chi connectivity index (χ1n) is 6.44. The molecule has 0 amide bonds.